The van der Waals surface area contributed by atoms with E-state index in [9.17, 15) is 4.79 Å². The van der Waals surface area contributed by atoms with Gasteiger partial charge in [-0.05, 0) is 45.2 Å². The molecule has 0 unspecified atom stereocenters. The van der Waals surface area contributed by atoms with Gasteiger partial charge in [0.2, 0.25) is 5.91 Å². The van der Waals surface area contributed by atoms with Crippen LogP contribution in [0.25, 0.3) is 0 Å². The van der Waals surface area contributed by atoms with Crippen LogP contribution in [0.4, 0.5) is 0 Å². The van der Waals surface area contributed by atoms with Gasteiger partial charge in [-0.1, -0.05) is 0 Å². The molecule has 0 bridgehead atoms. The summed E-state index contributed by atoms with van der Waals surface area (Å²) in [5.41, 5.74) is 3.40. The van der Waals surface area contributed by atoms with Crippen molar-refractivity contribution < 1.29 is 4.79 Å². The standard InChI is InChI=1S/C14H24N4O.2ClH/c1-10-13(11(2)18(3)17-10)6-7-14(19)16-12-5-4-8-15-9-12;;/h12,15H,4-9H2,1-3H3,(H,16,19);2*1H/t12-;;/m0../s1. The Balaban J connectivity index is 0.00000200. The summed E-state index contributed by atoms with van der Waals surface area (Å²) in [6.45, 7) is 6.03. The van der Waals surface area contributed by atoms with Gasteiger partial charge < -0.3 is 10.6 Å². The SMILES string of the molecule is Cc1nn(C)c(C)c1CCC(=O)N[C@H]1CCCNC1.Cl.Cl. The highest BCUT2D eigenvalue weighted by Gasteiger charge is 2.16. The molecular formula is C14H26Cl2N4O. The maximum atomic E-state index is 11.9. The molecule has 122 valence electrons. The van der Waals surface area contributed by atoms with E-state index in [0.29, 0.717) is 12.5 Å². The number of nitrogens with one attached hydrogen (secondary N) is 2. The van der Waals surface area contributed by atoms with Gasteiger partial charge in [0.05, 0.1) is 5.69 Å². The summed E-state index contributed by atoms with van der Waals surface area (Å²) in [6.07, 6.45) is 3.55. The summed E-state index contributed by atoms with van der Waals surface area (Å²) in [6, 6.07) is 0.303. The lowest BCUT2D eigenvalue weighted by atomic mass is 10.1. The van der Waals surface area contributed by atoms with Crippen molar-refractivity contribution in [2.45, 2.75) is 45.6 Å². The second kappa shape index (κ2) is 9.28. The molecule has 1 aromatic rings. The van der Waals surface area contributed by atoms with Crippen molar-refractivity contribution in [3.8, 4) is 0 Å². The predicted molar refractivity (Wildman–Crippen MR) is 89.5 cm³/mol. The molecule has 1 fully saturated rings. The molecule has 0 spiro atoms. The Kier molecular flexibility index (Phi) is 8.94. The Morgan fingerprint density at radius 1 is 1.43 bits per heavy atom. The first-order valence-corrected chi connectivity index (χ1v) is 7.07. The number of halogens is 2. The van der Waals surface area contributed by atoms with Crippen LogP contribution in [0.15, 0.2) is 0 Å². The first-order valence-electron chi connectivity index (χ1n) is 7.07. The van der Waals surface area contributed by atoms with Crippen molar-refractivity contribution in [3.63, 3.8) is 0 Å². The molecule has 1 aliphatic heterocycles. The highest BCUT2D eigenvalue weighted by atomic mass is 35.5. The van der Waals surface area contributed by atoms with Gasteiger partial charge in [-0.25, -0.2) is 0 Å². The molecule has 0 aromatic carbocycles. The number of nitrogens with zero attached hydrogens (tertiary/aromatic N) is 2. The molecule has 1 amide bonds. The zero-order chi connectivity index (χ0) is 13.8. The van der Waals surface area contributed by atoms with Gasteiger partial charge in [0.1, 0.15) is 0 Å². The number of hydrogen-bond acceptors (Lipinski definition) is 3. The van der Waals surface area contributed by atoms with Crippen molar-refractivity contribution in [3.05, 3.63) is 17.0 Å². The molecule has 2 N–H and O–H groups in total. The molecule has 1 saturated heterocycles. The lowest BCUT2D eigenvalue weighted by molar-refractivity contribution is -0.121. The van der Waals surface area contributed by atoms with Crippen molar-refractivity contribution >= 4 is 30.7 Å². The highest BCUT2D eigenvalue weighted by Crippen LogP contribution is 2.14. The van der Waals surface area contributed by atoms with E-state index in [4.69, 9.17) is 0 Å². The van der Waals surface area contributed by atoms with Crippen molar-refractivity contribution in [1.29, 1.82) is 0 Å². The van der Waals surface area contributed by atoms with Crippen molar-refractivity contribution in [1.82, 2.24) is 20.4 Å². The third-order valence-corrected chi connectivity index (χ3v) is 3.92. The molecular weight excluding hydrogens is 311 g/mol. The van der Waals surface area contributed by atoms with Crippen LogP contribution in [0.1, 0.15) is 36.2 Å². The Morgan fingerprint density at radius 3 is 2.67 bits per heavy atom. The quantitative estimate of drug-likeness (QED) is 0.879. The minimum Gasteiger partial charge on any atom is -0.352 e. The summed E-state index contributed by atoms with van der Waals surface area (Å²) in [4.78, 5) is 11.9. The fourth-order valence-electron chi connectivity index (χ4n) is 2.69. The van der Waals surface area contributed by atoms with Crippen LogP contribution < -0.4 is 10.6 Å². The maximum Gasteiger partial charge on any atom is 0.220 e. The first-order chi connectivity index (χ1) is 9.08. The summed E-state index contributed by atoms with van der Waals surface area (Å²) in [7, 11) is 1.94. The lowest BCUT2D eigenvalue weighted by Crippen LogP contribution is -2.45. The Hall–Kier alpha value is -0.780. The molecule has 0 aliphatic carbocycles. The number of piperidine rings is 1. The van der Waals surface area contributed by atoms with Crippen LogP contribution in [0.3, 0.4) is 0 Å². The fraction of sp³-hybridized carbons (Fsp3) is 0.714. The molecule has 2 heterocycles. The topological polar surface area (TPSA) is 59.0 Å². The van der Waals surface area contributed by atoms with Gasteiger partial charge in [-0.2, -0.15) is 5.10 Å². The van der Waals surface area contributed by atoms with E-state index < -0.39 is 0 Å². The number of carbonyl (C=O) groups is 1. The van der Waals surface area contributed by atoms with Gasteiger partial charge in [0.25, 0.3) is 0 Å². The predicted octanol–water partition coefficient (Wildman–Crippen LogP) is 1.68. The van der Waals surface area contributed by atoms with E-state index in [1.165, 1.54) is 5.56 Å². The molecule has 1 aromatic heterocycles. The number of aromatic nitrogens is 2. The van der Waals surface area contributed by atoms with Crippen LogP contribution in [0.2, 0.25) is 0 Å². The fourth-order valence-corrected chi connectivity index (χ4v) is 2.69. The molecule has 0 saturated carbocycles. The zero-order valence-corrected chi connectivity index (χ0v) is 14.6. The molecule has 1 aliphatic rings. The lowest BCUT2D eigenvalue weighted by Gasteiger charge is -2.23. The maximum absolute atomic E-state index is 11.9. The van der Waals surface area contributed by atoms with Crippen LogP contribution >= 0.6 is 24.8 Å². The average Bonchev–Trinajstić information content (AvgIpc) is 2.62. The van der Waals surface area contributed by atoms with Gasteiger partial charge in [-0.15, -0.1) is 24.8 Å². The van der Waals surface area contributed by atoms with Gasteiger partial charge in [-0.3, -0.25) is 9.48 Å². The molecule has 0 radical (unpaired) electrons. The number of rotatable bonds is 4. The number of amides is 1. The van der Waals surface area contributed by atoms with E-state index in [2.05, 4.69) is 22.7 Å². The minimum absolute atomic E-state index is 0. The van der Waals surface area contributed by atoms with E-state index in [0.717, 1.165) is 43.7 Å². The Morgan fingerprint density at radius 2 is 2.14 bits per heavy atom. The third-order valence-electron chi connectivity index (χ3n) is 3.92. The average molecular weight is 337 g/mol. The highest BCUT2D eigenvalue weighted by molar-refractivity contribution is 5.85. The Bertz CT molecular complexity index is 456. The monoisotopic (exact) mass is 336 g/mol. The number of aryl methyl sites for hydroxylation is 2. The first kappa shape index (κ1) is 20.2. The number of hydrogen-bond donors (Lipinski definition) is 2. The molecule has 2 rings (SSSR count). The normalized spacial score (nSPS) is 17.6. The molecule has 7 heteroatoms. The van der Waals surface area contributed by atoms with E-state index in [1.807, 2.05) is 18.7 Å². The van der Waals surface area contributed by atoms with Crippen LogP contribution in [0.5, 0.6) is 0 Å². The summed E-state index contributed by atoms with van der Waals surface area (Å²) in [5, 5.41) is 10.8. The second-order valence-electron chi connectivity index (χ2n) is 5.38. The van der Waals surface area contributed by atoms with E-state index >= 15 is 0 Å². The van der Waals surface area contributed by atoms with E-state index in [-0.39, 0.29) is 30.7 Å². The van der Waals surface area contributed by atoms with Crippen LogP contribution in [-0.4, -0.2) is 34.8 Å². The van der Waals surface area contributed by atoms with Crippen molar-refractivity contribution in [2.75, 3.05) is 13.1 Å². The largest absolute Gasteiger partial charge is 0.352 e. The summed E-state index contributed by atoms with van der Waals surface area (Å²) < 4.78 is 1.88. The second-order valence-corrected chi connectivity index (χ2v) is 5.38. The smallest absolute Gasteiger partial charge is 0.220 e. The minimum atomic E-state index is 0. The van der Waals surface area contributed by atoms with Crippen LogP contribution in [0, 0.1) is 13.8 Å². The summed E-state index contributed by atoms with van der Waals surface area (Å²) in [5.74, 6) is 0.149. The number of carbonyl (C=O) groups excluding carboxylic acids is 1. The molecule has 5 nitrogen and oxygen atoms in total. The van der Waals surface area contributed by atoms with Gasteiger partial charge in [0, 0.05) is 31.7 Å². The van der Waals surface area contributed by atoms with Gasteiger partial charge in [0.15, 0.2) is 0 Å². The van der Waals surface area contributed by atoms with Crippen molar-refractivity contribution in [2.24, 2.45) is 7.05 Å². The van der Waals surface area contributed by atoms with Gasteiger partial charge >= 0.3 is 0 Å². The third kappa shape index (κ3) is 5.49. The summed E-state index contributed by atoms with van der Waals surface area (Å²) >= 11 is 0. The molecule has 1 atom stereocenters. The van der Waals surface area contributed by atoms with E-state index in [1.54, 1.807) is 0 Å². The zero-order valence-electron chi connectivity index (χ0n) is 12.9. The van der Waals surface area contributed by atoms with Crippen LogP contribution in [-0.2, 0) is 18.3 Å². The Labute approximate surface area is 139 Å². The molecule has 21 heavy (non-hydrogen) atoms.